The number of hydrogen-bond acceptors (Lipinski definition) is 3. The molecule has 0 N–H and O–H groups in total. The molecule has 1 aliphatic rings. The first kappa shape index (κ1) is 10.7. The van der Waals surface area contributed by atoms with E-state index in [0.717, 1.165) is 11.3 Å². The lowest BCUT2D eigenvalue weighted by Crippen LogP contribution is -2.19. The number of benzene rings is 1. The van der Waals surface area contributed by atoms with Crippen LogP contribution in [-0.2, 0) is 9.53 Å². The third-order valence-electron chi connectivity index (χ3n) is 2.39. The Kier molecular flexibility index (Phi) is 2.95. The number of hydrogen-bond donors (Lipinski definition) is 0. The number of carbonyl (C=O) groups is 1. The number of fused-ring (bicyclic) bond motifs is 1. The van der Waals surface area contributed by atoms with Gasteiger partial charge in [0, 0.05) is 5.56 Å². The van der Waals surface area contributed by atoms with Gasteiger partial charge in [0.25, 0.3) is 0 Å². The Morgan fingerprint density at radius 3 is 2.94 bits per heavy atom. The Hall–Kier alpha value is -1.77. The molecule has 0 fully saturated rings. The molecular weight excluding hydrogens is 204 g/mol. The maximum atomic E-state index is 11.8. The van der Waals surface area contributed by atoms with Gasteiger partial charge < -0.3 is 9.47 Å². The summed E-state index contributed by atoms with van der Waals surface area (Å²) in [6.07, 6.45) is 1.69. The fourth-order valence-electron chi connectivity index (χ4n) is 1.74. The summed E-state index contributed by atoms with van der Waals surface area (Å²) in [6.45, 7) is 4.08. The molecular formula is C13H14O3. The summed E-state index contributed by atoms with van der Waals surface area (Å²) in [5.41, 5.74) is 1.40. The summed E-state index contributed by atoms with van der Waals surface area (Å²) in [4.78, 5) is 11.8. The molecule has 0 bridgehead atoms. The molecule has 2 rings (SSSR count). The van der Waals surface area contributed by atoms with Gasteiger partial charge >= 0.3 is 5.97 Å². The van der Waals surface area contributed by atoms with Crippen LogP contribution in [0.3, 0.4) is 0 Å². The van der Waals surface area contributed by atoms with E-state index in [-0.39, 0.29) is 12.1 Å². The summed E-state index contributed by atoms with van der Waals surface area (Å²) in [5, 5.41) is 0. The van der Waals surface area contributed by atoms with Crippen molar-refractivity contribution in [1.82, 2.24) is 0 Å². The fraction of sp³-hybridized carbons (Fsp3) is 0.308. The Balaban J connectivity index is 2.39. The third-order valence-corrected chi connectivity index (χ3v) is 2.39. The highest BCUT2D eigenvalue weighted by molar-refractivity contribution is 6.17. The first-order valence-corrected chi connectivity index (χ1v) is 5.37. The lowest BCUT2D eigenvalue weighted by Gasteiger charge is -2.22. The molecule has 0 saturated heterocycles. The Morgan fingerprint density at radius 1 is 1.44 bits per heavy atom. The molecule has 16 heavy (non-hydrogen) atoms. The highest BCUT2D eigenvalue weighted by Crippen LogP contribution is 2.32. The first-order chi connectivity index (χ1) is 7.72. The molecule has 1 aromatic carbocycles. The molecule has 0 aromatic heterocycles. The summed E-state index contributed by atoms with van der Waals surface area (Å²) >= 11 is 0. The number of para-hydroxylation sites is 1. The summed E-state index contributed by atoms with van der Waals surface area (Å²) in [6, 6.07) is 7.49. The zero-order valence-electron chi connectivity index (χ0n) is 9.40. The Labute approximate surface area is 94.7 Å². The lowest BCUT2D eigenvalue weighted by atomic mass is 10.0. The van der Waals surface area contributed by atoms with E-state index in [0.29, 0.717) is 12.2 Å². The van der Waals surface area contributed by atoms with Crippen LogP contribution >= 0.6 is 0 Å². The van der Waals surface area contributed by atoms with Gasteiger partial charge in [-0.3, -0.25) is 0 Å². The minimum Gasteiger partial charge on any atom is -0.486 e. The van der Waals surface area contributed by atoms with Gasteiger partial charge in [0.05, 0.1) is 12.2 Å². The van der Waals surface area contributed by atoms with Crippen LogP contribution in [0.4, 0.5) is 0 Å². The van der Waals surface area contributed by atoms with E-state index in [4.69, 9.17) is 9.47 Å². The van der Waals surface area contributed by atoms with E-state index in [1.165, 1.54) is 0 Å². The molecule has 0 amide bonds. The van der Waals surface area contributed by atoms with Gasteiger partial charge in [-0.2, -0.15) is 0 Å². The Morgan fingerprint density at radius 2 is 2.19 bits per heavy atom. The highest BCUT2D eigenvalue weighted by Gasteiger charge is 2.23. The van der Waals surface area contributed by atoms with Crippen molar-refractivity contribution in [2.45, 2.75) is 20.0 Å². The third kappa shape index (κ3) is 1.94. The molecule has 1 unspecified atom stereocenters. The predicted octanol–water partition coefficient (Wildman–Crippen LogP) is 2.41. The smallest absolute Gasteiger partial charge is 0.338 e. The van der Waals surface area contributed by atoms with Crippen LogP contribution in [0.15, 0.2) is 30.3 Å². The van der Waals surface area contributed by atoms with Crippen LogP contribution in [0.5, 0.6) is 5.75 Å². The molecule has 3 nitrogen and oxygen atoms in total. The quantitative estimate of drug-likeness (QED) is 0.715. The minimum absolute atomic E-state index is 0.102. The van der Waals surface area contributed by atoms with Crippen molar-refractivity contribution >= 4 is 11.5 Å². The largest absolute Gasteiger partial charge is 0.486 e. The topological polar surface area (TPSA) is 35.5 Å². The number of ether oxygens (including phenoxy) is 2. The Bertz CT molecular complexity index is 435. The number of rotatable bonds is 2. The standard InChI is InChI=1S/C13H14O3/c1-3-15-13(14)11-8-9(2)16-12-7-5-4-6-10(11)12/h4-9H,3H2,1-2H3. The van der Waals surface area contributed by atoms with E-state index in [9.17, 15) is 4.79 Å². The fourth-order valence-corrected chi connectivity index (χ4v) is 1.74. The summed E-state index contributed by atoms with van der Waals surface area (Å²) in [7, 11) is 0. The van der Waals surface area contributed by atoms with Gasteiger partial charge in [0.2, 0.25) is 0 Å². The maximum absolute atomic E-state index is 11.8. The van der Waals surface area contributed by atoms with E-state index in [1.54, 1.807) is 13.0 Å². The number of esters is 1. The van der Waals surface area contributed by atoms with E-state index in [2.05, 4.69) is 0 Å². The maximum Gasteiger partial charge on any atom is 0.338 e. The molecule has 0 saturated carbocycles. The molecule has 0 radical (unpaired) electrons. The normalized spacial score (nSPS) is 18.1. The molecule has 1 aliphatic heterocycles. The van der Waals surface area contributed by atoms with Crippen molar-refractivity contribution in [1.29, 1.82) is 0 Å². The monoisotopic (exact) mass is 218 g/mol. The van der Waals surface area contributed by atoms with Crippen molar-refractivity contribution in [3.8, 4) is 5.75 Å². The van der Waals surface area contributed by atoms with Gasteiger partial charge in [-0.05, 0) is 26.0 Å². The predicted molar refractivity (Wildman–Crippen MR) is 61.1 cm³/mol. The molecule has 0 aliphatic carbocycles. The zero-order valence-corrected chi connectivity index (χ0v) is 9.40. The number of carbonyl (C=O) groups excluding carboxylic acids is 1. The minimum atomic E-state index is -0.287. The van der Waals surface area contributed by atoms with Crippen molar-refractivity contribution in [2.75, 3.05) is 6.61 Å². The SMILES string of the molecule is CCOC(=O)C1=CC(C)Oc2ccccc21. The van der Waals surface area contributed by atoms with Crippen LogP contribution in [0.25, 0.3) is 5.57 Å². The molecule has 1 atom stereocenters. The lowest BCUT2D eigenvalue weighted by molar-refractivity contribution is -0.136. The van der Waals surface area contributed by atoms with Gasteiger partial charge in [0.1, 0.15) is 11.9 Å². The summed E-state index contributed by atoms with van der Waals surface area (Å²) < 4.78 is 10.6. The van der Waals surface area contributed by atoms with Crippen LogP contribution in [0.1, 0.15) is 19.4 Å². The molecule has 1 aromatic rings. The van der Waals surface area contributed by atoms with Crippen molar-refractivity contribution in [3.05, 3.63) is 35.9 Å². The molecule has 84 valence electrons. The van der Waals surface area contributed by atoms with Crippen molar-refractivity contribution in [3.63, 3.8) is 0 Å². The van der Waals surface area contributed by atoms with Crippen LogP contribution in [0, 0.1) is 0 Å². The van der Waals surface area contributed by atoms with Crippen LogP contribution in [-0.4, -0.2) is 18.7 Å². The van der Waals surface area contributed by atoms with Gasteiger partial charge in [-0.25, -0.2) is 4.79 Å². The second-order valence-corrected chi connectivity index (χ2v) is 3.62. The zero-order chi connectivity index (χ0) is 11.5. The molecule has 1 heterocycles. The average molecular weight is 218 g/mol. The van der Waals surface area contributed by atoms with E-state index < -0.39 is 0 Å². The van der Waals surface area contributed by atoms with E-state index in [1.807, 2.05) is 31.2 Å². The van der Waals surface area contributed by atoms with Crippen LogP contribution < -0.4 is 4.74 Å². The second-order valence-electron chi connectivity index (χ2n) is 3.62. The summed E-state index contributed by atoms with van der Waals surface area (Å²) in [5.74, 6) is 0.450. The van der Waals surface area contributed by atoms with Gasteiger partial charge in [0.15, 0.2) is 0 Å². The molecule has 3 heteroatoms. The highest BCUT2D eigenvalue weighted by atomic mass is 16.5. The van der Waals surface area contributed by atoms with E-state index >= 15 is 0 Å². The second kappa shape index (κ2) is 4.39. The first-order valence-electron chi connectivity index (χ1n) is 5.37. The van der Waals surface area contributed by atoms with Crippen molar-refractivity contribution < 1.29 is 14.3 Å². The van der Waals surface area contributed by atoms with Crippen molar-refractivity contribution in [2.24, 2.45) is 0 Å². The molecule has 0 spiro atoms. The van der Waals surface area contributed by atoms with Gasteiger partial charge in [-0.1, -0.05) is 18.2 Å². The van der Waals surface area contributed by atoms with Crippen LogP contribution in [0.2, 0.25) is 0 Å². The average Bonchev–Trinajstić information content (AvgIpc) is 2.28. The van der Waals surface area contributed by atoms with Gasteiger partial charge in [-0.15, -0.1) is 0 Å².